The number of hydrogen-bond acceptors (Lipinski definition) is 1. The van der Waals surface area contributed by atoms with Crippen molar-refractivity contribution in [3.63, 3.8) is 0 Å². The summed E-state index contributed by atoms with van der Waals surface area (Å²) in [5, 5.41) is 9.69. The first-order chi connectivity index (χ1) is 7.09. The lowest BCUT2D eigenvalue weighted by Crippen LogP contribution is -2.22. The van der Waals surface area contributed by atoms with E-state index >= 15 is 0 Å². The highest BCUT2D eigenvalue weighted by Gasteiger charge is 2.31. The van der Waals surface area contributed by atoms with Gasteiger partial charge in [0.05, 0.1) is 11.7 Å². The van der Waals surface area contributed by atoms with Gasteiger partial charge in [-0.15, -0.1) is 0 Å². The van der Waals surface area contributed by atoms with Gasteiger partial charge >= 0.3 is 0 Å². The normalized spacial score (nSPS) is 18.7. The fourth-order valence-electron chi connectivity index (χ4n) is 1.83. The highest BCUT2D eigenvalue weighted by Crippen LogP contribution is 2.39. The zero-order valence-electron chi connectivity index (χ0n) is 8.01. The van der Waals surface area contributed by atoms with Gasteiger partial charge in [0, 0.05) is 12.1 Å². The second-order valence-electron chi connectivity index (χ2n) is 3.92. The number of rotatable bonds is 2. The van der Waals surface area contributed by atoms with Gasteiger partial charge in [-0.1, -0.05) is 6.42 Å². The summed E-state index contributed by atoms with van der Waals surface area (Å²) in [5.74, 6) is -3.08. The molecule has 0 aromatic heterocycles. The molecule has 1 fully saturated rings. The fourth-order valence-corrected chi connectivity index (χ4v) is 1.83. The Morgan fingerprint density at radius 1 is 1.13 bits per heavy atom. The van der Waals surface area contributed by atoms with Crippen molar-refractivity contribution in [1.82, 2.24) is 0 Å². The molecule has 1 aliphatic carbocycles. The van der Waals surface area contributed by atoms with Crippen molar-refractivity contribution < 1.29 is 18.3 Å². The second-order valence-corrected chi connectivity index (χ2v) is 3.92. The van der Waals surface area contributed by atoms with Crippen molar-refractivity contribution in [2.45, 2.75) is 25.4 Å². The van der Waals surface area contributed by atoms with Gasteiger partial charge in [-0.05, 0) is 18.8 Å². The minimum Gasteiger partial charge on any atom is -0.388 e. The molecule has 82 valence electrons. The maximum absolute atomic E-state index is 13.2. The SMILES string of the molecule is OC(c1c(F)cc(F)cc1F)C1CCC1. The van der Waals surface area contributed by atoms with Crippen molar-refractivity contribution in [2.24, 2.45) is 5.92 Å². The molecule has 15 heavy (non-hydrogen) atoms. The molecule has 0 bridgehead atoms. The summed E-state index contributed by atoms with van der Waals surface area (Å²) in [4.78, 5) is 0. The van der Waals surface area contributed by atoms with Crippen LogP contribution in [0.5, 0.6) is 0 Å². The van der Waals surface area contributed by atoms with E-state index in [1.54, 1.807) is 0 Å². The van der Waals surface area contributed by atoms with Gasteiger partial charge in [0.2, 0.25) is 0 Å². The topological polar surface area (TPSA) is 20.2 Å². The van der Waals surface area contributed by atoms with Crippen LogP contribution in [0.2, 0.25) is 0 Å². The third-order valence-corrected chi connectivity index (χ3v) is 2.94. The van der Waals surface area contributed by atoms with Crippen LogP contribution in [0, 0.1) is 23.4 Å². The molecular weight excluding hydrogens is 205 g/mol. The molecule has 4 heteroatoms. The van der Waals surface area contributed by atoms with E-state index in [0.717, 1.165) is 19.3 Å². The second kappa shape index (κ2) is 3.85. The molecular formula is C11H11F3O. The molecule has 1 aromatic rings. The maximum atomic E-state index is 13.2. The molecule has 0 heterocycles. The third kappa shape index (κ3) is 1.86. The largest absolute Gasteiger partial charge is 0.388 e. The lowest BCUT2D eigenvalue weighted by Gasteiger charge is -2.30. The number of halogens is 3. The monoisotopic (exact) mass is 216 g/mol. The van der Waals surface area contributed by atoms with Gasteiger partial charge in [-0.2, -0.15) is 0 Å². The van der Waals surface area contributed by atoms with Gasteiger partial charge in [-0.3, -0.25) is 0 Å². The van der Waals surface area contributed by atoms with Gasteiger partial charge < -0.3 is 5.11 Å². The zero-order valence-corrected chi connectivity index (χ0v) is 8.01. The Morgan fingerprint density at radius 2 is 1.67 bits per heavy atom. The van der Waals surface area contributed by atoms with E-state index in [0.29, 0.717) is 12.1 Å². The average molecular weight is 216 g/mol. The summed E-state index contributed by atoms with van der Waals surface area (Å²) in [7, 11) is 0. The minimum absolute atomic E-state index is 0.0977. The van der Waals surface area contributed by atoms with Gasteiger partial charge in [0.15, 0.2) is 0 Å². The first-order valence-corrected chi connectivity index (χ1v) is 4.92. The van der Waals surface area contributed by atoms with Crippen molar-refractivity contribution in [1.29, 1.82) is 0 Å². The van der Waals surface area contributed by atoms with Gasteiger partial charge in [-0.25, -0.2) is 13.2 Å². The highest BCUT2D eigenvalue weighted by molar-refractivity contribution is 5.24. The summed E-state index contributed by atoms with van der Waals surface area (Å²) in [5.41, 5.74) is -0.402. The molecule has 0 spiro atoms. The molecule has 1 aliphatic rings. The van der Waals surface area contributed by atoms with E-state index in [2.05, 4.69) is 0 Å². The Morgan fingerprint density at radius 3 is 2.07 bits per heavy atom. The van der Waals surface area contributed by atoms with Crippen LogP contribution in [0.3, 0.4) is 0 Å². The van der Waals surface area contributed by atoms with E-state index < -0.39 is 29.1 Å². The Balaban J connectivity index is 2.33. The lowest BCUT2D eigenvalue weighted by molar-refractivity contribution is 0.0559. The van der Waals surface area contributed by atoms with Crippen LogP contribution in [0.4, 0.5) is 13.2 Å². The molecule has 1 nitrogen and oxygen atoms in total. The van der Waals surface area contributed by atoms with Gasteiger partial charge in [0.25, 0.3) is 0 Å². The molecule has 1 aromatic carbocycles. The molecule has 1 unspecified atom stereocenters. The van der Waals surface area contributed by atoms with Crippen LogP contribution >= 0.6 is 0 Å². The molecule has 1 N–H and O–H groups in total. The Bertz CT molecular complexity index is 351. The van der Waals surface area contributed by atoms with Crippen molar-refractivity contribution in [2.75, 3.05) is 0 Å². The summed E-state index contributed by atoms with van der Waals surface area (Å²) in [6.07, 6.45) is 1.33. The van der Waals surface area contributed by atoms with Crippen LogP contribution in [-0.2, 0) is 0 Å². The third-order valence-electron chi connectivity index (χ3n) is 2.94. The van der Waals surface area contributed by atoms with Crippen LogP contribution in [0.25, 0.3) is 0 Å². The average Bonchev–Trinajstić information content (AvgIpc) is 1.97. The first kappa shape index (κ1) is 10.5. The molecule has 0 amide bonds. The van der Waals surface area contributed by atoms with Crippen molar-refractivity contribution in [3.05, 3.63) is 35.1 Å². The summed E-state index contributed by atoms with van der Waals surface area (Å²) in [6, 6.07) is 1.20. The Hall–Kier alpha value is -1.03. The molecule has 1 atom stereocenters. The predicted octanol–water partition coefficient (Wildman–Crippen LogP) is 2.94. The quantitative estimate of drug-likeness (QED) is 0.805. The standard InChI is InChI=1S/C11H11F3O/c12-7-4-8(13)10(9(14)5-7)11(15)6-2-1-3-6/h4-6,11,15H,1-3H2. The Labute approximate surface area is 85.5 Å². The molecule has 0 saturated heterocycles. The van der Waals surface area contributed by atoms with E-state index in [9.17, 15) is 18.3 Å². The number of aliphatic hydroxyl groups is 1. The molecule has 0 radical (unpaired) electrons. The molecule has 0 aliphatic heterocycles. The highest BCUT2D eigenvalue weighted by atomic mass is 19.1. The van der Waals surface area contributed by atoms with Crippen LogP contribution < -0.4 is 0 Å². The van der Waals surface area contributed by atoms with Crippen molar-refractivity contribution >= 4 is 0 Å². The fraction of sp³-hybridized carbons (Fsp3) is 0.455. The number of hydrogen-bond donors (Lipinski definition) is 1. The van der Waals surface area contributed by atoms with Crippen LogP contribution in [-0.4, -0.2) is 5.11 Å². The predicted molar refractivity (Wildman–Crippen MR) is 48.6 cm³/mol. The van der Waals surface area contributed by atoms with E-state index in [-0.39, 0.29) is 5.92 Å². The number of aliphatic hydroxyl groups excluding tert-OH is 1. The summed E-state index contributed by atoms with van der Waals surface area (Å²) in [6.45, 7) is 0. The van der Waals surface area contributed by atoms with Crippen LogP contribution in [0.1, 0.15) is 30.9 Å². The number of benzene rings is 1. The smallest absolute Gasteiger partial charge is 0.134 e. The van der Waals surface area contributed by atoms with Crippen molar-refractivity contribution in [3.8, 4) is 0 Å². The van der Waals surface area contributed by atoms with E-state index in [1.165, 1.54) is 0 Å². The summed E-state index contributed by atoms with van der Waals surface area (Å²) >= 11 is 0. The maximum Gasteiger partial charge on any atom is 0.134 e. The van der Waals surface area contributed by atoms with Crippen LogP contribution in [0.15, 0.2) is 12.1 Å². The van der Waals surface area contributed by atoms with E-state index in [1.807, 2.05) is 0 Å². The molecule has 2 rings (SSSR count). The minimum atomic E-state index is -1.15. The summed E-state index contributed by atoms with van der Waals surface area (Å²) < 4.78 is 39.1. The molecule has 1 saturated carbocycles. The van der Waals surface area contributed by atoms with Gasteiger partial charge in [0.1, 0.15) is 17.5 Å². The van der Waals surface area contributed by atoms with E-state index in [4.69, 9.17) is 0 Å². The lowest BCUT2D eigenvalue weighted by atomic mass is 9.78. The first-order valence-electron chi connectivity index (χ1n) is 4.92. The zero-order chi connectivity index (χ0) is 11.0. The Kier molecular flexibility index (Phi) is 2.69.